The monoisotopic (exact) mass is 375 g/mol. The van der Waals surface area contributed by atoms with E-state index in [4.69, 9.17) is 5.73 Å². The van der Waals surface area contributed by atoms with E-state index in [0.717, 1.165) is 36.9 Å². The Morgan fingerprint density at radius 3 is 2.39 bits per heavy atom. The van der Waals surface area contributed by atoms with Gasteiger partial charge in [-0.15, -0.1) is 0 Å². The fraction of sp³-hybridized carbons (Fsp3) is 0.318. The molecule has 4 rings (SSSR count). The Hall–Kier alpha value is -2.99. The van der Waals surface area contributed by atoms with Crippen molar-refractivity contribution in [3.63, 3.8) is 0 Å². The van der Waals surface area contributed by atoms with Crippen LogP contribution in [0.4, 0.5) is 5.69 Å². The summed E-state index contributed by atoms with van der Waals surface area (Å²) in [6.45, 7) is 0.327. The number of hydrogen-bond donors (Lipinski definition) is 3. The predicted octanol–water partition coefficient (Wildman–Crippen LogP) is 3.84. The summed E-state index contributed by atoms with van der Waals surface area (Å²) >= 11 is 0. The van der Waals surface area contributed by atoms with E-state index in [9.17, 15) is 4.79 Å². The summed E-state index contributed by atoms with van der Waals surface area (Å²) in [7, 11) is 0. The molecule has 2 aromatic carbocycles. The van der Waals surface area contributed by atoms with Crippen LogP contribution in [0.15, 0.2) is 54.6 Å². The van der Waals surface area contributed by atoms with Crippen LogP contribution in [-0.4, -0.2) is 21.1 Å². The summed E-state index contributed by atoms with van der Waals surface area (Å²) in [4.78, 5) is 17.0. The number of benzene rings is 2. The number of nitrogens with two attached hydrogens (primary N) is 1. The molecule has 0 aliphatic heterocycles. The Balaban J connectivity index is 1.33. The first-order chi connectivity index (χ1) is 13.7. The molecule has 3 aromatic rings. The topological polar surface area (TPSA) is 96.7 Å². The van der Waals surface area contributed by atoms with Crippen molar-refractivity contribution in [2.24, 2.45) is 11.7 Å². The summed E-state index contributed by atoms with van der Waals surface area (Å²) in [5.74, 6) is 2.03. The van der Waals surface area contributed by atoms with E-state index in [-0.39, 0.29) is 11.8 Å². The van der Waals surface area contributed by atoms with Gasteiger partial charge in [-0.1, -0.05) is 30.3 Å². The number of anilines is 1. The molecule has 4 N–H and O–H groups in total. The van der Waals surface area contributed by atoms with Gasteiger partial charge in [0.15, 0.2) is 5.82 Å². The molecule has 0 atom stereocenters. The van der Waals surface area contributed by atoms with Gasteiger partial charge in [-0.2, -0.15) is 5.10 Å². The van der Waals surface area contributed by atoms with Gasteiger partial charge in [-0.25, -0.2) is 4.98 Å². The molecule has 1 aliphatic rings. The summed E-state index contributed by atoms with van der Waals surface area (Å²) in [5, 5.41) is 10.0. The van der Waals surface area contributed by atoms with Crippen LogP contribution in [0.25, 0.3) is 11.4 Å². The molecule has 1 fully saturated rings. The molecule has 144 valence electrons. The van der Waals surface area contributed by atoms with Gasteiger partial charge in [0, 0.05) is 17.2 Å². The number of aromatic amines is 1. The Bertz CT molecular complexity index is 912. The second kappa shape index (κ2) is 8.35. The zero-order valence-electron chi connectivity index (χ0n) is 15.8. The lowest BCUT2D eigenvalue weighted by Gasteiger charge is -2.28. The van der Waals surface area contributed by atoms with Crippen LogP contribution < -0.4 is 11.1 Å². The van der Waals surface area contributed by atoms with Gasteiger partial charge in [-0.3, -0.25) is 9.89 Å². The minimum atomic E-state index is 0.0831. The Kier molecular flexibility index (Phi) is 5.48. The first-order valence-corrected chi connectivity index (χ1v) is 9.80. The molecule has 0 saturated heterocycles. The molecule has 0 spiro atoms. The molecule has 0 unspecified atom stereocenters. The summed E-state index contributed by atoms with van der Waals surface area (Å²) in [6, 6.07) is 18.2. The largest absolute Gasteiger partial charge is 0.326 e. The van der Waals surface area contributed by atoms with Crippen molar-refractivity contribution in [3.05, 3.63) is 66.0 Å². The number of aromatic nitrogens is 3. The Morgan fingerprint density at radius 1 is 1.04 bits per heavy atom. The van der Waals surface area contributed by atoms with Crippen molar-refractivity contribution in [3.8, 4) is 11.4 Å². The normalized spacial score (nSPS) is 19.3. The number of carbonyl (C=O) groups is 1. The zero-order chi connectivity index (χ0) is 19.3. The van der Waals surface area contributed by atoms with E-state index >= 15 is 0 Å². The maximum absolute atomic E-state index is 12.7. The van der Waals surface area contributed by atoms with Crippen molar-refractivity contribution < 1.29 is 4.79 Å². The van der Waals surface area contributed by atoms with Crippen LogP contribution in [0.5, 0.6) is 0 Å². The molecule has 1 saturated carbocycles. The summed E-state index contributed by atoms with van der Waals surface area (Å²) in [5.41, 5.74) is 8.63. The van der Waals surface area contributed by atoms with E-state index < -0.39 is 0 Å². The highest BCUT2D eigenvalue weighted by Crippen LogP contribution is 2.36. The minimum absolute atomic E-state index is 0.0831. The molecule has 1 aromatic heterocycles. The molecule has 1 amide bonds. The van der Waals surface area contributed by atoms with Crippen molar-refractivity contribution in [1.29, 1.82) is 0 Å². The van der Waals surface area contributed by atoms with Crippen molar-refractivity contribution >= 4 is 11.6 Å². The predicted molar refractivity (Wildman–Crippen MR) is 109 cm³/mol. The van der Waals surface area contributed by atoms with Crippen molar-refractivity contribution in [2.75, 3.05) is 5.32 Å². The van der Waals surface area contributed by atoms with Gasteiger partial charge in [0.1, 0.15) is 5.82 Å². The number of rotatable bonds is 5. The third-order valence-corrected chi connectivity index (χ3v) is 5.50. The van der Waals surface area contributed by atoms with E-state index in [1.807, 2.05) is 30.3 Å². The quantitative estimate of drug-likeness (QED) is 0.631. The number of amides is 1. The smallest absolute Gasteiger partial charge is 0.227 e. The maximum atomic E-state index is 12.7. The highest BCUT2D eigenvalue weighted by Gasteiger charge is 2.27. The number of nitrogens with one attached hydrogen (secondary N) is 2. The van der Waals surface area contributed by atoms with E-state index in [0.29, 0.717) is 24.1 Å². The van der Waals surface area contributed by atoms with E-state index in [2.05, 4.69) is 44.8 Å². The van der Waals surface area contributed by atoms with Crippen LogP contribution in [-0.2, 0) is 11.3 Å². The van der Waals surface area contributed by atoms with Gasteiger partial charge in [0.2, 0.25) is 5.91 Å². The number of carbonyl (C=O) groups excluding carboxylic acids is 1. The van der Waals surface area contributed by atoms with Crippen molar-refractivity contribution in [1.82, 2.24) is 15.2 Å². The molecular formula is C22H25N5O. The average molecular weight is 375 g/mol. The average Bonchev–Trinajstić information content (AvgIpc) is 3.24. The highest BCUT2D eigenvalue weighted by molar-refractivity contribution is 5.92. The fourth-order valence-electron chi connectivity index (χ4n) is 3.88. The lowest BCUT2D eigenvalue weighted by Crippen LogP contribution is -2.26. The third kappa shape index (κ3) is 4.12. The Morgan fingerprint density at radius 2 is 1.75 bits per heavy atom. The summed E-state index contributed by atoms with van der Waals surface area (Å²) in [6.07, 6.45) is 4.00. The molecule has 6 nitrogen and oxygen atoms in total. The van der Waals surface area contributed by atoms with Crippen LogP contribution in [0.2, 0.25) is 0 Å². The van der Waals surface area contributed by atoms with Gasteiger partial charge >= 0.3 is 0 Å². The van der Waals surface area contributed by atoms with Gasteiger partial charge in [0.25, 0.3) is 0 Å². The molecule has 0 bridgehead atoms. The SMILES string of the molecule is NCc1nc(-c2ccc(NC(=O)C3CCC(c4ccccc4)CC3)cc2)n[nH]1. The molecule has 0 radical (unpaired) electrons. The Labute approximate surface area is 164 Å². The number of hydrogen-bond acceptors (Lipinski definition) is 4. The second-order valence-corrected chi connectivity index (χ2v) is 7.34. The van der Waals surface area contributed by atoms with Gasteiger partial charge < -0.3 is 11.1 Å². The highest BCUT2D eigenvalue weighted by atomic mass is 16.1. The van der Waals surface area contributed by atoms with Crippen LogP contribution in [0.1, 0.15) is 43.0 Å². The standard InChI is InChI=1S/C22H25N5O/c23-14-20-25-21(27-26-20)17-10-12-19(13-11-17)24-22(28)18-8-6-16(7-9-18)15-4-2-1-3-5-15/h1-5,10-13,16,18H,6-9,14,23H2,(H,24,28)(H,25,26,27). The second-order valence-electron chi connectivity index (χ2n) is 7.34. The number of nitrogens with zero attached hydrogens (tertiary/aromatic N) is 2. The van der Waals surface area contributed by atoms with Gasteiger partial charge in [0.05, 0.1) is 6.54 Å². The maximum Gasteiger partial charge on any atom is 0.227 e. The fourth-order valence-corrected chi connectivity index (χ4v) is 3.88. The first kappa shape index (κ1) is 18.4. The van der Waals surface area contributed by atoms with Crippen molar-refractivity contribution in [2.45, 2.75) is 38.1 Å². The summed E-state index contributed by atoms with van der Waals surface area (Å²) < 4.78 is 0. The molecular weight excluding hydrogens is 350 g/mol. The van der Waals surface area contributed by atoms with Crippen LogP contribution in [0, 0.1) is 5.92 Å². The van der Waals surface area contributed by atoms with Crippen LogP contribution >= 0.6 is 0 Å². The molecule has 1 heterocycles. The lowest BCUT2D eigenvalue weighted by atomic mass is 9.78. The third-order valence-electron chi connectivity index (χ3n) is 5.50. The molecule has 6 heteroatoms. The lowest BCUT2D eigenvalue weighted by molar-refractivity contribution is -0.120. The zero-order valence-corrected chi connectivity index (χ0v) is 15.8. The first-order valence-electron chi connectivity index (χ1n) is 9.80. The van der Waals surface area contributed by atoms with E-state index in [1.54, 1.807) is 0 Å². The minimum Gasteiger partial charge on any atom is -0.326 e. The molecule has 1 aliphatic carbocycles. The van der Waals surface area contributed by atoms with Gasteiger partial charge in [-0.05, 0) is 61.4 Å². The molecule has 28 heavy (non-hydrogen) atoms. The number of H-pyrrole nitrogens is 1. The van der Waals surface area contributed by atoms with E-state index in [1.165, 1.54) is 5.56 Å². The van der Waals surface area contributed by atoms with Crippen LogP contribution in [0.3, 0.4) is 0 Å².